The molecule has 0 bridgehead atoms. The van der Waals surface area contributed by atoms with Gasteiger partial charge in [0.25, 0.3) is 0 Å². The number of rotatable bonds is 5. The molecule has 1 nitrogen and oxygen atoms in total. The van der Waals surface area contributed by atoms with Gasteiger partial charge in [-0.3, -0.25) is 0 Å². The Hall–Kier alpha value is 0.261. The first-order valence-corrected chi connectivity index (χ1v) is 27.4. The van der Waals surface area contributed by atoms with Crippen LogP contribution in [-0.2, 0) is 20.7 Å². The van der Waals surface area contributed by atoms with Crippen molar-refractivity contribution in [3.63, 3.8) is 0 Å². The highest BCUT2D eigenvalue weighted by atomic mass is 31.4. The van der Waals surface area contributed by atoms with Crippen molar-refractivity contribution in [3.8, 4) is 0 Å². The topological polar surface area (TPSA) is 9.23 Å². The minimum atomic E-state index is -2.54. The fourth-order valence-electron chi connectivity index (χ4n) is 8.14. The fourth-order valence-corrected chi connectivity index (χ4v) is 85.3. The molecule has 0 amide bonds. The molecule has 0 heterocycles. The van der Waals surface area contributed by atoms with Crippen molar-refractivity contribution >= 4 is 35.6 Å². The molecule has 0 aliphatic rings. The van der Waals surface area contributed by atoms with E-state index >= 15 is 0 Å². The van der Waals surface area contributed by atoms with Crippen molar-refractivity contribution in [2.45, 2.75) is 195 Å². The van der Waals surface area contributed by atoms with Gasteiger partial charge in [0.1, 0.15) is 0 Å². The van der Waals surface area contributed by atoms with Gasteiger partial charge in [0, 0.05) is 7.11 Å². The van der Waals surface area contributed by atoms with E-state index in [0.29, 0.717) is 0 Å². The van der Waals surface area contributed by atoms with E-state index in [0.717, 1.165) is 8.13 Å². The molecule has 0 spiro atoms. The van der Waals surface area contributed by atoms with Gasteiger partial charge in [0.15, 0.2) is 7.02 Å². The summed E-state index contributed by atoms with van der Waals surface area (Å²) in [6, 6.07) is 5.21. The third-order valence-corrected chi connectivity index (χ3v) is 69.5. The maximum Gasteiger partial charge on any atom is 0.195 e. The standard InChI is InChI=1S/C37H75OPSi3/c1-31(2,3)27-25-28(32(4,5)6)30(29(26-27)33(7,8)9)39-42(38-22,40(23,34(10,11)12)35(13,14)15)41(24,36(16,17)18)37(19,20)21/h25-26,39H,1-24H3. The van der Waals surface area contributed by atoms with E-state index in [-0.39, 0.29) is 36.4 Å². The maximum atomic E-state index is 7.69. The van der Waals surface area contributed by atoms with Gasteiger partial charge in [-0.2, -0.15) is 0 Å². The summed E-state index contributed by atoms with van der Waals surface area (Å²) in [6.45, 7) is 58.3. The zero-order valence-corrected chi connectivity index (χ0v) is 37.1. The van der Waals surface area contributed by atoms with Crippen molar-refractivity contribution in [3.05, 3.63) is 28.8 Å². The van der Waals surface area contributed by atoms with Gasteiger partial charge in [-0.25, -0.2) is 0 Å². The average Bonchev–Trinajstić information content (AvgIpc) is 2.70. The average molecular weight is 651 g/mol. The molecule has 0 fully saturated rings. The molecule has 42 heavy (non-hydrogen) atoms. The van der Waals surface area contributed by atoms with Crippen LogP contribution in [0.3, 0.4) is 0 Å². The molecule has 1 aromatic rings. The molecule has 1 rings (SSSR count). The maximum absolute atomic E-state index is 7.69. The van der Waals surface area contributed by atoms with Crippen LogP contribution >= 0.6 is 8.13 Å². The van der Waals surface area contributed by atoms with Gasteiger partial charge in [0.2, 0.25) is 0 Å². The highest BCUT2D eigenvalue weighted by Gasteiger charge is 2.76. The number of hydrogen-bond donors (Lipinski definition) is 0. The molecule has 246 valence electrons. The van der Waals surface area contributed by atoms with Crippen LogP contribution in [0.5, 0.6) is 0 Å². The Morgan fingerprint density at radius 1 is 0.476 bits per heavy atom. The lowest BCUT2D eigenvalue weighted by atomic mass is 9.75. The molecule has 0 saturated carbocycles. The third-order valence-electron chi connectivity index (χ3n) is 11.6. The predicted octanol–water partition coefficient (Wildman–Crippen LogP) is 12.5. The van der Waals surface area contributed by atoms with Gasteiger partial charge in [-0.15, -0.1) is 0 Å². The van der Waals surface area contributed by atoms with E-state index in [9.17, 15) is 0 Å². The Balaban J connectivity index is 4.84. The van der Waals surface area contributed by atoms with E-state index in [1.54, 1.807) is 16.4 Å². The highest BCUT2D eigenvalue weighted by molar-refractivity contribution is 8.12. The lowest BCUT2D eigenvalue weighted by Crippen LogP contribution is -2.84. The molecular formula is C37H75OPSi3. The summed E-state index contributed by atoms with van der Waals surface area (Å²) in [7, 11) is -4.03. The van der Waals surface area contributed by atoms with Gasteiger partial charge in [-0.05, 0) is 58.4 Å². The van der Waals surface area contributed by atoms with Crippen molar-refractivity contribution in [2.75, 3.05) is 7.11 Å². The molecular weight excluding hydrogens is 576 g/mol. The second-order valence-electron chi connectivity index (χ2n) is 21.0. The van der Waals surface area contributed by atoms with Crippen LogP contribution in [0.1, 0.15) is 162 Å². The summed E-state index contributed by atoms with van der Waals surface area (Å²) in [4.78, 5) is 0. The summed E-state index contributed by atoms with van der Waals surface area (Å²) in [5.41, 5.74) is 4.77. The third kappa shape index (κ3) is 6.70. The van der Waals surface area contributed by atoms with E-state index in [4.69, 9.17) is 4.43 Å². The lowest BCUT2D eigenvalue weighted by Gasteiger charge is -2.69. The van der Waals surface area contributed by atoms with Crippen molar-refractivity contribution < 1.29 is 4.43 Å². The molecule has 0 radical (unpaired) electrons. The zero-order chi connectivity index (χ0) is 34.1. The van der Waals surface area contributed by atoms with Gasteiger partial charge in [0.05, 0.1) is 15.2 Å². The Kier molecular flexibility index (Phi) is 11.0. The second kappa shape index (κ2) is 11.5. The summed E-state index contributed by atoms with van der Waals surface area (Å²) >= 11 is 0. The molecule has 0 aromatic heterocycles. The van der Waals surface area contributed by atoms with E-state index in [2.05, 4.69) is 178 Å². The Bertz CT molecular complexity index is 1000. The fraction of sp³-hybridized carbons (Fsp3) is 0.838. The van der Waals surface area contributed by atoms with Crippen molar-refractivity contribution in [2.24, 2.45) is 0 Å². The van der Waals surface area contributed by atoms with Crippen LogP contribution in [-0.4, -0.2) is 29.3 Å². The van der Waals surface area contributed by atoms with Crippen LogP contribution in [0.4, 0.5) is 0 Å². The molecule has 0 aliphatic heterocycles. The van der Waals surface area contributed by atoms with Crippen LogP contribution in [0.2, 0.25) is 33.2 Å². The van der Waals surface area contributed by atoms with Gasteiger partial charge >= 0.3 is 0 Å². The molecule has 0 saturated heterocycles. The molecule has 1 aromatic carbocycles. The lowest BCUT2D eigenvalue weighted by molar-refractivity contribution is 0.426. The Morgan fingerprint density at radius 2 is 0.738 bits per heavy atom. The van der Waals surface area contributed by atoms with Crippen LogP contribution in [0.25, 0.3) is 0 Å². The van der Waals surface area contributed by atoms with Crippen LogP contribution in [0, 0.1) is 0 Å². The highest BCUT2D eigenvalue weighted by Crippen LogP contribution is 2.69. The van der Waals surface area contributed by atoms with Crippen LogP contribution < -0.4 is 5.30 Å². The Morgan fingerprint density at radius 3 is 0.905 bits per heavy atom. The van der Waals surface area contributed by atoms with Crippen LogP contribution in [0.15, 0.2) is 12.1 Å². The molecule has 1 unspecified atom stereocenters. The predicted molar refractivity (Wildman–Crippen MR) is 205 cm³/mol. The molecule has 0 N–H and O–H groups in total. The normalized spacial score (nSPS) is 16.1. The SMILES string of the molecule is CO[Si](Pc1c(C(C)(C)C)cc(C(C)(C)C)cc1C(C)(C)C)([Si](C)(C(C)(C)C)C(C)(C)C)[Si](C)(C(C)(C)C)C(C)(C)C. The van der Waals surface area contributed by atoms with E-state index < -0.39 is 22.2 Å². The monoisotopic (exact) mass is 650 g/mol. The summed E-state index contributed by atoms with van der Waals surface area (Å²) in [5.74, 6) is 0. The van der Waals surface area contributed by atoms with E-state index in [1.165, 1.54) is 5.56 Å². The first kappa shape index (κ1) is 40.3. The first-order chi connectivity index (χ1) is 18.0. The Labute approximate surface area is 269 Å². The molecule has 1 atom stereocenters. The van der Waals surface area contributed by atoms with E-state index in [1.807, 2.05) is 0 Å². The number of hydrogen-bond acceptors (Lipinski definition) is 1. The smallest absolute Gasteiger partial charge is 0.195 e. The summed E-state index contributed by atoms with van der Waals surface area (Å²) in [5, 5.41) is 2.43. The summed E-state index contributed by atoms with van der Waals surface area (Å²) < 4.78 is 7.69. The van der Waals surface area contributed by atoms with Crippen molar-refractivity contribution in [1.29, 1.82) is 0 Å². The zero-order valence-electron chi connectivity index (χ0n) is 33.1. The molecule has 5 heteroatoms. The molecule has 0 aliphatic carbocycles. The largest absolute Gasteiger partial charge is 0.421 e. The minimum Gasteiger partial charge on any atom is -0.421 e. The minimum absolute atomic E-state index is 0.0420. The first-order valence-electron chi connectivity index (χ1n) is 16.5. The quantitative estimate of drug-likeness (QED) is 0.228. The summed E-state index contributed by atoms with van der Waals surface area (Å²) in [6.07, 6.45) is 0. The second-order valence-corrected chi connectivity index (χ2v) is 51.6. The number of benzene rings is 1. The van der Waals surface area contributed by atoms with Crippen molar-refractivity contribution in [1.82, 2.24) is 0 Å². The van der Waals surface area contributed by atoms with Gasteiger partial charge in [-0.1, -0.05) is 179 Å². The van der Waals surface area contributed by atoms with Gasteiger partial charge < -0.3 is 4.43 Å².